The minimum absolute atomic E-state index is 0.857. The van der Waals surface area contributed by atoms with Gasteiger partial charge in [-0.15, -0.1) is 0 Å². The van der Waals surface area contributed by atoms with Crippen molar-refractivity contribution in [2.24, 2.45) is 0 Å². The number of anilines is 2. The van der Waals surface area contributed by atoms with Gasteiger partial charge in [0.25, 0.3) is 0 Å². The summed E-state index contributed by atoms with van der Waals surface area (Å²) in [7, 11) is 1.93. The topological polar surface area (TPSA) is 24.1 Å². The van der Waals surface area contributed by atoms with Crippen molar-refractivity contribution in [2.75, 3.05) is 17.7 Å². The molecule has 0 spiro atoms. The molecule has 2 N–H and O–H groups in total. The summed E-state index contributed by atoms with van der Waals surface area (Å²) in [5.41, 5.74) is 6.27. The third-order valence-corrected chi connectivity index (χ3v) is 3.19. The van der Waals surface area contributed by atoms with E-state index in [9.17, 15) is 0 Å². The molecule has 2 rings (SSSR count). The molecule has 18 heavy (non-hydrogen) atoms. The molecule has 2 nitrogen and oxygen atoms in total. The largest absolute Gasteiger partial charge is 0.388 e. The van der Waals surface area contributed by atoms with Gasteiger partial charge in [0.1, 0.15) is 0 Å². The van der Waals surface area contributed by atoms with Crippen LogP contribution in [0.4, 0.5) is 11.4 Å². The van der Waals surface area contributed by atoms with Crippen LogP contribution in [-0.4, -0.2) is 7.05 Å². The first kappa shape index (κ1) is 12.5. The van der Waals surface area contributed by atoms with E-state index < -0.39 is 0 Å². The highest BCUT2D eigenvalue weighted by Gasteiger charge is 2.01. The van der Waals surface area contributed by atoms with Crippen LogP contribution in [0.15, 0.2) is 42.5 Å². The standard InChI is InChI=1S/C16H20N2/c1-12-5-4-6-13(2)16(12)18-11-14-7-9-15(17-3)10-8-14/h4-10,17-18H,11H2,1-3H3. The van der Waals surface area contributed by atoms with Crippen molar-refractivity contribution in [1.82, 2.24) is 0 Å². The number of hydrogen-bond acceptors (Lipinski definition) is 2. The molecule has 0 aliphatic rings. The van der Waals surface area contributed by atoms with E-state index in [-0.39, 0.29) is 0 Å². The maximum absolute atomic E-state index is 3.51. The highest BCUT2D eigenvalue weighted by molar-refractivity contribution is 5.57. The predicted octanol–water partition coefficient (Wildman–Crippen LogP) is 3.96. The molecule has 0 atom stereocenters. The summed E-state index contributed by atoms with van der Waals surface area (Å²) in [6.07, 6.45) is 0. The summed E-state index contributed by atoms with van der Waals surface area (Å²) in [5.74, 6) is 0. The summed E-state index contributed by atoms with van der Waals surface area (Å²) < 4.78 is 0. The van der Waals surface area contributed by atoms with Crippen molar-refractivity contribution >= 4 is 11.4 Å². The van der Waals surface area contributed by atoms with E-state index in [1.807, 2.05) is 7.05 Å². The molecule has 0 radical (unpaired) electrons. The Bertz CT molecular complexity index is 495. The number of aryl methyl sites for hydroxylation is 2. The summed E-state index contributed by atoms with van der Waals surface area (Å²) in [4.78, 5) is 0. The maximum Gasteiger partial charge on any atom is 0.0402 e. The zero-order chi connectivity index (χ0) is 13.0. The Morgan fingerprint density at radius 3 is 2.06 bits per heavy atom. The van der Waals surface area contributed by atoms with Gasteiger partial charge in [-0.3, -0.25) is 0 Å². The monoisotopic (exact) mass is 240 g/mol. The fourth-order valence-electron chi connectivity index (χ4n) is 2.07. The van der Waals surface area contributed by atoms with Crippen molar-refractivity contribution in [3.8, 4) is 0 Å². The van der Waals surface area contributed by atoms with E-state index in [0.717, 1.165) is 12.2 Å². The lowest BCUT2D eigenvalue weighted by atomic mass is 10.1. The lowest BCUT2D eigenvalue weighted by Gasteiger charge is -2.12. The average Bonchev–Trinajstić information content (AvgIpc) is 2.39. The van der Waals surface area contributed by atoms with Crippen molar-refractivity contribution < 1.29 is 0 Å². The second kappa shape index (κ2) is 5.58. The van der Waals surface area contributed by atoms with Gasteiger partial charge in [0, 0.05) is 25.0 Å². The zero-order valence-corrected chi connectivity index (χ0v) is 11.2. The minimum Gasteiger partial charge on any atom is -0.388 e. The van der Waals surface area contributed by atoms with Crippen LogP contribution in [0.1, 0.15) is 16.7 Å². The van der Waals surface area contributed by atoms with E-state index in [0.29, 0.717) is 0 Å². The van der Waals surface area contributed by atoms with Crippen LogP contribution < -0.4 is 10.6 Å². The molecular weight excluding hydrogens is 220 g/mol. The van der Waals surface area contributed by atoms with Crippen LogP contribution in [0.5, 0.6) is 0 Å². The highest BCUT2D eigenvalue weighted by Crippen LogP contribution is 2.20. The molecule has 0 saturated heterocycles. The first-order valence-electron chi connectivity index (χ1n) is 6.27. The molecule has 0 aliphatic heterocycles. The third-order valence-electron chi connectivity index (χ3n) is 3.19. The van der Waals surface area contributed by atoms with Crippen molar-refractivity contribution in [1.29, 1.82) is 0 Å². The molecule has 0 bridgehead atoms. The molecule has 0 aliphatic carbocycles. The fraction of sp³-hybridized carbons (Fsp3) is 0.250. The minimum atomic E-state index is 0.857. The van der Waals surface area contributed by atoms with Crippen LogP contribution >= 0.6 is 0 Å². The molecule has 0 fully saturated rings. The Balaban J connectivity index is 2.06. The summed E-state index contributed by atoms with van der Waals surface area (Å²) in [5, 5.41) is 6.64. The van der Waals surface area contributed by atoms with Gasteiger partial charge in [0.05, 0.1) is 0 Å². The number of benzene rings is 2. The number of rotatable bonds is 4. The molecule has 2 aromatic rings. The van der Waals surface area contributed by atoms with Crippen LogP contribution in [0.2, 0.25) is 0 Å². The van der Waals surface area contributed by atoms with Crippen molar-refractivity contribution in [2.45, 2.75) is 20.4 Å². The molecule has 0 heterocycles. The summed E-state index contributed by atoms with van der Waals surface area (Å²) in [6.45, 7) is 5.13. The molecule has 0 amide bonds. The van der Waals surface area contributed by atoms with E-state index in [1.54, 1.807) is 0 Å². The zero-order valence-electron chi connectivity index (χ0n) is 11.2. The van der Waals surface area contributed by atoms with Crippen LogP contribution in [0, 0.1) is 13.8 Å². The smallest absolute Gasteiger partial charge is 0.0402 e. The SMILES string of the molecule is CNc1ccc(CNc2c(C)cccc2C)cc1. The number of hydrogen-bond donors (Lipinski definition) is 2. The van der Waals surface area contributed by atoms with E-state index >= 15 is 0 Å². The molecular formula is C16H20N2. The molecule has 2 heteroatoms. The van der Waals surface area contributed by atoms with Gasteiger partial charge < -0.3 is 10.6 Å². The van der Waals surface area contributed by atoms with E-state index in [4.69, 9.17) is 0 Å². The molecule has 0 unspecified atom stereocenters. The Labute approximate surface area is 109 Å². The number of nitrogens with one attached hydrogen (secondary N) is 2. The fourth-order valence-corrected chi connectivity index (χ4v) is 2.07. The second-order valence-electron chi connectivity index (χ2n) is 4.57. The molecule has 94 valence electrons. The van der Waals surface area contributed by atoms with Gasteiger partial charge in [-0.25, -0.2) is 0 Å². The molecule has 0 aromatic heterocycles. The Hall–Kier alpha value is -1.96. The Kier molecular flexibility index (Phi) is 3.88. The van der Waals surface area contributed by atoms with E-state index in [1.165, 1.54) is 22.4 Å². The maximum atomic E-state index is 3.51. The quantitative estimate of drug-likeness (QED) is 0.845. The molecule has 2 aromatic carbocycles. The second-order valence-corrected chi connectivity index (χ2v) is 4.57. The highest BCUT2D eigenvalue weighted by atomic mass is 14.9. The molecule has 0 saturated carbocycles. The van der Waals surface area contributed by atoms with Crippen LogP contribution in [-0.2, 0) is 6.54 Å². The summed E-state index contributed by atoms with van der Waals surface area (Å²) >= 11 is 0. The first-order valence-corrected chi connectivity index (χ1v) is 6.27. The third kappa shape index (κ3) is 2.83. The number of para-hydroxylation sites is 1. The van der Waals surface area contributed by atoms with Crippen molar-refractivity contribution in [3.63, 3.8) is 0 Å². The lowest BCUT2D eigenvalue weighted by molar-refractivity contribution is 1.13. The normalized spacial score (nSPS) is 10.2. The van der Waals surface area contributed by atoms with Gasteiger partial charge in [-0.2, -0.15) is 0 Å². The van der Waals surface area contributed by atoms with Gasteiger partial charge in [-0.1, -0.05) is 30.3 Å². The van der Waals surface area contributed by atoms with Gasteiger partial charge in [0.15, 0.2) is 0 Å². The van der Waals surface area contributed by atoms with Gasteiger partial charge in [0.2, 0.25) is 0 Å². The van der Waals surface area contributed by atoms with Crippen molar-refractivity contribution in [3.05, 3.63) is 59.2 Å². The first-order chi connectivity index (χ1) is 8.70. The van der Waals surface area contributed by atoms with Gasteiger partial charge in [-0.05, 0) is 42.7 Å². The Morgan fingerprint density at radius 2 is 1.50 bits per heavy atom. The Morgan fingerprint density at radius 1 is 0.889 bits per heavy atom. The van der Waals surface area contributed by atoms with E-state index in [2.05, 4.69) is 66.9 Å². The van der Waals surface area contributed by atoms with Crippen LogP contribution in [0.25, 0.3) is 0 Å². The summed E-state index contributed by atoms with van der Waals surface area (Å²) in [6, 6.07) is 14.9. The van der Waals surface area contributed by atoms with Gasteiger partial charge >= 0.3 is 0 Å². The predicted molar refractivity (Wildman–Crippen MR) is 79.2 cm³/mol. The van der Waals surface area contributed by atoms with Crippen LogP contribution in [0.3, 0.4) is 0 Å². The lowest BCUT2D eigenvalue weighted by Crippen LogP contribution is -2.02. The average molecular weight is 240 g/mol.